The van der Waals surface area contributed by atoms with Gasteiger partial charge < -0.3 is 7.80 Å². The second-order valence-corrected chi connectivity index (χ2v) is 8.30. The van der Waals surface area contributed by atoms with Crippen LogP contribution in [0.25, 0.3) is 0 Å². The zero-order valence-electron chi connectivity index (χ0n) is 12.7. The van der Waals surface area contributed by atoms with Crippen LogP contribution in [-0.4, -0.2) is 17.2 Å². The number of carbonyl (C=O) groups is 1. The normalized spacial score (nSPS) is 43.9. The average Bonchev–Trinajstić information content (AvgIpc) is 2.35. The van der Waals surface area contributed by atoms with E-state index in [0.29, 0.717) is 17.8 Å². The van der Waals surface area contributed by atoms with Crippen molar-refractivity contribution in [2.75, 3.05) is 0 Å². The quantitative estimate of drug-likeness (QED) is 0.529. The summed E-state index contributed by atoms with van der Waals surface area (Å²) < 4.78 is 11.9. The highest BCUT2D eigenvalue weighted by Crippen LogP contribution is 2.60. The summed E-state index contributed by atoms with van der Waals surface area (Å²) in [5.74, 6) is 1.69. The summed E-state index contributed by atoms with van der Waals surface area (Å²) in [6, 6.07) is 0. The van der Waals surface area contributed by atoms with E-state index >= 15 is 0 Å². The minimum absolute atomic E-state index is 0.00874. The molecule has 0 aromatic carbocycles. The molecule has 20 heavy (non-hydrogen) atoms. The van der Waals surface area contributed by atoms with Gasteiger partial charge in [0.25, 0.3) is 0 Å². The fraction of sp³-hybridized carbons (Fsp3) is 0.938. The second-order valence-electron chi connectivity index (χ2n) is 7.86. The summed E-state index contributed by atoms with van der Waals surface area (Å²) in [5, 5.41) is 0. The molecule has 4 aliphatic carbocycles. The van der Waals surface area contributed by atoms with E-state index in [0.717, 1.165) is 32.1 Å². The molecule has 4 heteroatoms. The maximum atomic E-state index is 12.4. The molecule has 0 aliphatic heterocycles. The maximum Gasteiger partial charge on any atom is 0.309 e. The Balaban J connectivity index is 1.77. The molecule has 3 atom stereocenters. The molecule has 4 fully saturated rings. The first-order valence-electron chi connectivity index (χ1n) is 7.90. The Morgan fingerprint density at radius 3 is 2.15 bits per heavy atom. The lowest BCUT2D eigenvalue weighted by molar-refractivity contribution is -0.211. The first-order chi connectivity index (χ1) is 9.37. The van der Waals surface area contributed by atoms with E-state index in [1.807, 2.05) is 6.92 Å². The molecule has 0 aromatic rings. The third-order valence-electron chi connectivity index (χ3n) is 5.81. The van der Waals surface area contributed by atoms with Crippen LogP contribution >= 0.6 is 23.0 Å². The zero-order chi connectivity index (χ0) is 14.5. The molecular weight excluding hydrogens is 367 g/mol. The minimum Gasteiger partial charge on any atom is -0.459 e. The first kappa shape index (κ1) is 15.1. The van der Waals surface area contributed by atoms with Crippen LogP contribution in [-0.2, 0) is 12.6 Å². The van der Waals surface area contributed by atoms with E-state index in [-0.39, 0.29) is 23.1 Å². The number of ether oxygens (including phenoxy) is 1. The number of hydrogen-bond donors (Lipinski definition) is 0. The second kappa shape index (κ2) is 5.11. The predicted octanol–water partition coefficient (Wildman–Crippen LogP) is 4.28. The lowest BCUT2D eigenvalue weighted by Gasteiger charge is -2.60. The Labute approximate surface area is 135 Å². The van der Waals surface area contributed by atoms with Crippen LogP contribution in [0.15, 0.2) is 0 Å². The highest BCUT2D eigenvalue weighted by atomic mass is 127. The number of rotatable bonds is 4. The van der Waals surface area contributed by atoms with Gasteiger partial charge in [-0.1, -0.05) is 20.8 Å². The molecule has 0 spiro atoms. The third kappa shape index (κ3) is 2.51. The Bertz CT molecular complexity index is 393. The van der Waals surface area contributed by atoms with Crippen molar-refractivity contribution >= 4 is 29.0 Å². The van der Waals surface area contributed by atoms with Gasteiger partial charge in [-0.25, -0.2) is 0 Å². The van der Waals surface area contributed by atoms with Crippen LogP contribution in [0, 0.1) is 23.7 Å². The van der Waals surface area contributed by atoms with Crippen LogP contribution in [0.4, 0.5) is 0 Å². The molecule has 0 radical (unpaired) electrons. The Kier molecular flexibility index (Phi) is 3.85. The summed E-state index contributed by atoms with van der Waals surface area (Å²) in [6.45, 7) is 6.15. The first-order valence-corrected chi connectivity index (χ1v) is 8.78. The van der Waals surface area contributed by atoms with Crippen LogP contribution in [0.2, 0.25) is 0 Å². The Morgan fingerprint density at radius 2 is 1.65 bits per heavy atom. The van der Waals surface area contributed by atoms with Crippen molar-refractivity contribution in [3.63, 3.8) is 0 Å². The number of esters is 1. The molecule has 0 N–H and O–H groups in total. The standard InChI is InChI=1S/C16H25IO3/c1-10(2)11(3)14(18)19-15-5-12-4-13(6-15)8-16(7-12,9-15)20-17/h10-13H,4-9H2,1-3H3. The van der Waals surface area contributed by atoms with Crippen LogP contribution in [0.5, 0.6) is 0 Å². The van der Waals surface area contributed by atoms with Gasteiger partial charge in [0.1, 0.15) is 28.6 Å². The summed E-state index contributed by atoms with van der Waals surface area (Å²) in [6.07, 6.45) is 6.65. The van der Waals surface area contributed by atoms with Crippen LogP contribution in [0.1, 0.15) is 59.3 Å². The van der Waals surface area contributed by atoms with Gasteiger partial charge in [-0.15, -0.1) is 0 Å². The van der Waals surface area contributed by atoms with Gasteiger partial charge in [-0.2, -0.15) is 0 Å². The summed E-state index contributed by atoms with van der Waals surface area (Å²) in [5.41, 5.74) is -0.249. The van der Waals surface area contributed by atoms with Crippen molar-refractivity contribution < 1.29 is 12.6 Å². The van der Waals surface area contributed by atoms with Crippen molar-refractivity contribution in [3.05, 3.63) is 0 Å². The van der Waals surface area contributed by atoms with E-state index in [1.54, 1.807) is 0 Å². The highest BCUT2D eigenvalue weighted by Gasteiger charge is 2.60. The monoisotopic (exact) mass is 392 g/mol. The van der Waals surface area contributed by atoms with Crippen molar-refractivity contribution in [1.82, 2.24) is 0 Å². The largest absolute Gasteiger partial charge is 0.459 e. The van der Waals surface area contributed by atoms with Crippen molar-refractivity contribution in [2.24, 2.45) is 23.7 Å². The number of carbonyl (C=O) groups excluding carboxylic acids is 1. The molecule has 4 aliphatic rings. The van der Waals surface area contributed by atoms with E-state index in [9.17, 15) is 4.79 Å². The molecule has 0 aromatic heterocycles. The van der Waals surface area contributed by atoms with Crippen molar-refractivity contribution in [3.8, 4) is 0 Å². The molecule has 114 valence electrons. The lowest BCUT2D eigenvalue weighted by Crippen LogP contribution is -2.60. The van der Waals surface area contributed by atoms with Gasteiger partial charge >= 0.3 is 5.97 Å². The Hall–Kier alpha value is 0.160. The van der Waals surface area contributed by atoms with Gasteiger partial charge in [0.05, 0.1) is 11.5 Å². The Morgan fingerprint density at radius 1 is 1.10 bits per heavy atom. The summed E-state index contributed by atoms with van der Waals surface area (Å²) >= 11 is 2.06. The summed E-state index contributed by atoms with van der Waals surface area (Å²) in [4.78, 5) is 12.4. The predicted molar refractivity (Wildman–Crippen MR) is 85.3 cm³/mol. The molecule has 4 saturated carbocycles. The maximum absolute atomic E-state index is 12.4. The SMILES string of the molecule is CC(C)C(C)C(=O)OC12CC3CC(CC(OI)(C3)C1)C2. The van der Waals surface area contributed by atoms with Crippen molar-refractivity contribution in [1.29, 1.82) is 0 Å². The van der Waals surface area contributed by atoms with E-state index in [2.05, 4.69) is 36.9 Å². The van der Waals surface area contributed by atoms with E-state index in [1.165, 1.54) is 6.42 Å². The van der Waals surface area contributed by atoms with Gasteiger partial charge in [0.2, 0.25) is 0 Å². The van der Waals surface area contributed by atoms with Gasteiger partial charge in [0, 0.05) is 6.42 Å². The fourth-order valence-electron chi connectivity index (χ4n) is 4.88. The van der Waals surface area contributed by atoms with E-state index in [4.69, 9.17) is 7.80 Å². The van der Waals surface area contributed by atoms with Gasteiger partial charge in [-0.3, -0.25) is 4.79 Å². The highest BCUT2D eigenvalue weighted by molar-refractivity contribution is 14.1. The van der Waals surface area contributed by atoms with Crippen LogP contribution in [0.3, 0.4) is 0 Å². The third-order valence-corrected chi connectivity index (χ3v) is 6.74. The average molecular weight is 392 g/mol. The fourth-order valence-corrected chi connectivity index (χ4v) is 5.40. The van der Waals surface area contributed by atoms with Gasteiger partial charge in [-0.05, 0) is 49.9 Å². The molecule has 4 bridgehead atoms. The van der Waals surface area contributed by atoms with Gasteiger partial charge in [0.15, 0.2) is 0 Å². The topological polar surface area (TPSA) is 35.5 Å². The smallest absolute Gasteiger partial charge is 0.309 e. The molecular formula is C16H25IO3. The molecule has 0 saturated heterocycles. The molecule has 4 rings (SSSR count). The minimum atomic E-state index is -0.227. The van der Waals surface area contributed by atoms with Crippen LogP contribution < -0.4 is 0 Å². The number of halogens is 1. The summed E-state index contributed by atoms with van der Waals surface area (Å²) in [7, 11) is 0. The molecule has 3 nitrogen and oxygen atoms in total. The zero-order valence-corrected chi connectivity index (χ0v) is 14.8. The van der Waals surface area contributed by atoms with Crippen molar-refractivity contribution in [2.45, 2.75) is 70.5 Å². The molecule has 0 amide bonds. The molecule has 3 unspecified atom stereocenters. The van der Waals surface area contributed by atoms with E-state index < -0.39 is 0 Å². The number of hydrogen-bond acceptors (Lipinski definition) is 3. The lowest BCUT2D eigenvalue weighted by atomic mass is 9.52. The molecule has 0 heterocycles.